The van der Waals surface area contributed by atoms with Crippen LogP contribution in [0.2, 0.25) is 0 Å². The molecular weight excluding hydrogens is 382 g/mol. The number of benzene rings is 2. The number of aromatic nitrogens is 4. The third kappa shape index (κ3) is 3.35. The van der Waals surface area contributed by atoms with Gasteiger partial charge in [0.15, 0.2) is 5.58 Å². The van der Waals surface area contributed by atoms with Crippen LogP contribution in [-0.4, -0.2) is 32.4 Å². The lowest BCUT2D eigenvalue weighted by Gasteiger charge is -2.06. The standard InChI is InChI=1S/C22H17N5O3/c1-29-17-6-7-19-18(10-17)26-21(30-19)15-4-2-14(3-5-15)11-24-20(28)16-12-25-22-23-8-9-27(22)13-16/h2-10,12-13H,11H2,1H3,(H,24,28). The number of ether oxygens (including phenoxy) is 1. The number of hydrogen-bond donors (Lipinski definition) is 1. The normalized spacial score (nSPS) is 11.1. The molecule has 0 atom stereocenters. The van der Waals surface area contributed by atoms with Crippen LogP contribution >= 0.6 is 0 Å². The van der Waals surface area contributed by atoms with E-state index in [2.05, 4.69) is 20.3 Å². The van der Waals surface area contributed by atoms with Gasteiger partial charge in [0.2, 0.25) is 11.7 Å². The predicted octanol–water partition coefficient (Wildman–Crippen LogP) is 3.48. The number of nitrogens with zero attached hydrogens (tertiary/aromatic N) is 4. The Balaban J connectivity index is 1.28. The zero-order valence-corrected chi connectivity index (χ0v) is 16.1. The molecule has 30 heavy (non-hydrogen) atoms. The maximum absolute atomic E-state index is 12.4. The van der Waals surface area contributed by atoms with Gasteiger partial charge < -0.3 is 14.5 Å². The molecule has 0 saturated carbocycles. The van der Waals surface area contributed by atoms with E-state index in [1.165, 1.54) is 6.20 Å². The van der Waals surface area contributed by atoms with Crippen LogP contribution in [0, 0.1) is 0 Å². The Morgan fingerprint density at radius 2 is 2.03 bits per heavy atom. The number of carbonyl (C=O) groups excluding carboxylic acids is 1. The maximum atomic E-state index is 12.4. The Morgan fingerprint density at radius 1 is 1.17 bits per heavy atom. The summed E-state index contributed by atoms with van der Waals surface area (Å²) < 4.78 is 12.8. The van der Waals surface area contributed by atoms with Gasteiger partial charge in [0.05, 0.1) is 12.7 Å². The van der Waals surface area contributed by atoms with Gasteiger partial charge in [-0.1, -0.05) is 12.1 Å². The molecule has 8 heteroatoms. The fraction of sp³-hybridized carbons (Fsp3) is 0.0909. The molecule has 148 valence electrons. The van der Waals surface area contributed by atoms with Crippen molar-refractivity contribution in [3.8, 4) is 17.2 Å². The molecule has 1 N–H and O–H groups in total. The molecule has 1 amide bonds. The highest BCUT2D eigenvalue weighted by molar-refractivity contribution is 5.93. The van der Waals surface area contributed by atoms with Crippen molar-refractivity contribution in [3.05, 3.63) is 78.4 Å². The molecular formula is C22H17N5O3. The van der Waals surface area contributed by atoms with Gasteiger partial charge in [-0.05, 0) is 29.8 Å². The summed E-state index contributed by atoms with van der Waals surface area (Å²) in [7, 11) is 1.62. The lowest BCUT2D eigenvalue weighted by atomic mass is 10.1. The average Bonchev–Trinajstić information content (AvgIpc) is 3.43. The van der Waals surface area contributed by atoms with Gasteiger partial charge in [-0.25, -0.2) is 15.0 Å². The van der Waals surface area contributed by atoms with Crippen LogP contribution in [0.3, 0.4) is 0 Å². The molecule has 5 aromatic rings. The molecule has 0 aliphatic heterocycles. The average molecular weight is 399 g/mol. The lowest BCUT2D eigenvalue weighted by molar-refractivity contribution is 0.0950. The zero-order chi connectivity index (χ0) is 20.5. The van der Waals surface area contributed by atoms with E-state index < -0.39 is 0 Å². The van der Waals surface area contributed by atoms with Crippen LogP contribution < -0.4 is 10.1 Å². The van der Waals surface area contributed by atoms with E-state index in [1.54, 1.807) is 30.1 Å². The molecule has 0 saturated heterocycles. The second kappa shape index (κ2) is 7.32. The Kier molecular flexibility index (Phi) is 4.36. The van der Waals surface area contributed by atoms with Crippen molar-refractivity contribution in [2.45, 2.75) is 6.54 Å². The second-order valence-corrected chi connectivity index (χ2v) is 6.71. The molecule has 0 aliphatic carbocycles. The van der Waals surface area contributed by atoms with Crippen molar-refractivity contribution in [1.82, 2.24) is 24.7 Å². The highest BCUT2D eigenvalue weighted by Crippen LogP contribution is 2.27. The Morgan fingerprint density at radius 3 is 2.87 bits per heavy atom. The number of nitrogens with one attached hydrogen (secondary N) is 1. The largest absolute Gasteiger partial charge is 0.497 e. The number of amides is 1. The van der Waals surface area contributed by atoms with Crippen molar-refractivity contribution >= 4 is 22.8 Å². The van der Waals surface area contributed by atoms with E-state index in [0.29, 0.717) is 29.4 Å². The summed E-state index contributed by atoms with van der Waals surface area (Å²) in [5, 5.41) is 2.90. The molecule has 3 aromatic heterocycles. The van der Waals surface area contributed by atoms with Gasteiger partial charge in [-0.3, -0.25) is 9.20 Å². The lowest BCUT2D eigenvalue weighted by Crippen LogP contribution is -2.23. The van der Waals surface area contributed by atoms with E-state index in [4.69, 9.17) is 9.15 Å². The minimum absolute atomic E-state index is 0.199. The minimum atomic E-state index is -0.199. The fourth-order valence-corrected chi connectivity index (χ4v) is 3.14. The summed E-state index contributed by atoms with van der Waals surface area (Å²) in [5.41, 5.74) is 3.73. The second-order valence-electron chi connectivity index (χ2n) is 6.71. The van der Waals surface area contributed by atoms with E-state index in [1.807, 2.05) is 42.5 Å². The monoisotopic (exact) mass is 399 g/mol. The highest BCUT2D eigenvalue weighted by Gasteiger charge is 2.10. The van der Waals surface area contributed by atoms with E-state index >= 15 is 0 Å². The summed E-state index contributed by atoms with van der Waals surface area (Å²) in [4.78, 5) is 25.2. The van der Waals surface area contributed by atoms with Crippen molar-refractivity contribution in [2.75, 3.05) is 7.11 Å². The summed E-state index contributed by atoms with van der Waals surface area (Å²) in [5.74, 6) is 1.62. The number of oxazole rings is 1. The van der Waals surface area contributed by atoms with Crippen molar-refractivity contribution < 1.29 is 13.9 Å². The molecule has 2 aromatic carbocycles. The van der Waals surface area contributed by atoms with Crippen LogP contribution in [0.1, 0.15) is 15.9 Å². The van der Waals surface area contributed by atoms with Crippen molar-refractivity contribution in [2.24, 2.45) is 0 Å². The van der Waals surface area contributed by atoms with Gasteiger partial charge in [-0.15, -0.1) is 0 Å². The number of fused-ring (bicyclic) bond motifs is 2. The van der Waals surface area contributed by atoms with Gasteiger partial charge in [0.25, 0.3) is 5.91 Å². The first-order valence-corrected chi connectivity index (χ1v) is 9.30. The van der Waals surface area contributed by atoms with Crippen LogP contribution in [0.4, 0.5) is 0 Å². The fourth-order valence-electron chi connectivity index (χ4n) is 3.14. The van der Waals surface area contributed by atoms with Crippen LogP contribution in [0.15, 0.2) is 71.7 Å². The van der Waals surface area contributed by atoms with Crippen LogP contribution in [-0.2, 0) is 6.54 Å². The first kappa shape index (κ1) is 17.9. The van der Waals surface area contributed by atoms with Gasteiger partial charge in [-0.2, -0.15) is 0 Å². The molecule has 0 spiro atoms. The van der Waals surface area contributed by atoms with E-state index in [9.17, 15) is 4.79 Å². The summed E-state index contributed by atoms with van der Waals surface area (Å²) in [6.07, 6.45) is 6.61. The molecule has 0 bridgehead atoms. The van der Waals surface area contributed by atoms with Crippen molar-refractivity contribution in [3.63, 3.8) is 0 Å². The zero-order valence-electron chi connectivity index (χ0n) is 16.1. The molecule has 0 radical (unpaired) electrons. The molecule has 8 nitrogen and oxygen atoms in total. The number of carbonyl (C=O) groups is 1. The Hall–Kier alpha value is -4.20. The SMILES string of the molecule is COc1ccc2oc(-c3ccc(CNC(=O)c4cnc5nccn5c4)cc3)nc2c1. The maximum Gasteiger partial charge on any atom is 0.254 e. The number of imidazole rings is 1. The molecule has 0 unspecified atom stereocenters. The van der Waals surface area contributed by atoms with Gasteiger partial charge in [0.1, 0.15) is 11.3 Å². The molecule has 3 heterocycles. The van der Waals surface area contributed by atoms with Gasteiger partial charge >= 0.3 is 0 Å². The van der Waals surface area contributed by atoms with Crippen LogP contribution in [0.5, 0.6) is 5.75 Å². The Labute approximate surface area is 171 Å². The summed E-state index contributed by atoms with van der Waals surface area (Å²) in [6.45, 7) is 0.395. The number of rotatable bonds is 5. The third-order valence-electron chi connectivity index (χ3n) is 4.76. The minimum Gasteiger partial charge on any atom is -0.497 e. The molecule has 5 rings (SSSR count). The third-order valence-corrected chi connectivity index (χ3v) is 4.76. The van der Waals surface area contributed by atoms with E-state index in [0.717, 1.165) is 22.4 Å². The van der Waals surface area contributed by atoms with Crippen molar-refractivity contribution in [1.29, 1.82) is 0 Å². The summed E-state index contributed by atoms with van der Waals surface area (Å²) in [6, 6.07) is 13.2. The first-order valence-electron chi connectivity index (χ1n) is 9.30. The van der Waals surface area contributed by atoms with E-state index in [-0.39, 0.29) is 5.91 Å². The first-order chi connectivity index (χ1) is 14.7. The highest BCUT2D eigenvalue weighted by atomic mass is 16.5. The number of methoxy groups -OCH3 is 1. The quantitative estimate of drug-likeness (QED) is 0.486. The molecule has 0 aliphatic rings. The van der Waals surface area contributed by atoms with Gasteiger partial charge in [0, 0.05) is 43.0 Å². The Bertz CT molecular complexity index is 1350. The smallest absolute Gasteiger partial charge is 0.254 e. The summed E-state index contributed by atoms with van der Waals surface area (Å²) >= 11 is 0. The molecule has 0 fully saturated rings. The van der Waals surface area contributed by atoms with Crippen LogP contribution in [0.25, 0.3) is 28.3 Å². The predicted molar refractivity (Wildman–Crippen MR) is 110 cm³/mol. The topological polar surface area (TPSA) is 94.5 Å². The number of hydrogen-bond acceptors (Lipinski definition) is 6.